The van der Waals surface area contributed by atoms with Gasteiger partial charge in [-0.1, -0.05) is 30.3 Å². The van der Waals surface area contributed by atoms with E-state index in [0.29, 0.717) is 36.4 Å². The average molecular weight is 426 g/mol. The predicted molar refractivity (Wildman–Crippen MR) is 120 cm³/mol. The number of amides is 2. The van der Waals surface area contributed by atoms with Gasteiger partial charge in [0.15, 0.2) is 0 Å². The Morgan fingerprint density at radius 1 is 1.23 bits per heavy atom. The van der Waals surface area contributed by atoms with Crippen LogP contribution in [0.1, 0.15) is 42.6 Å². The van der Waals surface area contributed by atoms with Gasteiger partial charge in [0.05, 0.1) is 18.2 Å². The molecule has 3 rings (SSSR count). The van der Waals surface area contributed by atoms with Gasteiger partial charge in [0, 0.05) is 36.8 Å². The minimum atomic E-state index is -0.890. The molecule has 166 valence electrons. The molecule has 1 aliphatic heterocycles. The van der Waals surface area contributed by atoms with E-state index >= 15 is 0 Å². The zero-order valence-electron chi connectivity index (χ0n) is 18.1. The van der Waals surface area contributed by atoms with Gasteiger partial charge >= 0.3 is 0 Å². The van der Waals surface area contributed by atoms with Crippen LogP contribution in [0.2, 0.25) is 0 Å². The van der Waals surface area contributed by atoms with Crippen LogP contribution in [0.4, 0.5) is 5.69 Å². The topological polar surface area (TPSA) is 105 Å². The molecule has 2 aromatic carbocycles. The van der Waals surface area contributed by atoms with E-state index in [-0.39, 0.29) is 24.5 Å². The lowest BCUT2D eigenvalue weighted by Gasteiger charge is -2.24. The number of rotatable bonds is 9. The largest absolute Gasteiger partial charge is 0.491 e. The molecule has 1 saturated heterocycles. The molecule has 2 atom stereocenters. The van der Waals surface area contributed by atoms with Crippen molar-refractivity contribution in [2.45, 2.75) is 51.4 Å². The van der Waals surface area contributed by atoms with E-state index in [1.54, 1.807) is 23.1 Å². The Hall–Kier alpha value is -2.90. The van der Waals surface area contributed by atoms with Gasteiger partial charge in [0.25, 0.3) is 5.91 Å². The van der Waals surface area contributed by atoms with Crippen molar-refractivity contribution in [3.63, 3.8) is 0 Å². The van der Waals surface area contributed by atoms with Gasteiger partial charge in [-0.2, -0.15) is 0 Å². The van der Waals surface area contributed by atoms with Crippen LogP contribution in [-0.2, 0) is 11.2 Å². The highest BCUT2D eigenvalue weighted by Gasteiger charge is 2.25. The maximum atomic E-state index is 13.1. The van der Waals surface area contributed by atoms with Crippen molar-refractivity contribution in [1.82, 2.24) is 5.32 Å². The fourth-order valence-corrected chi connectivity index (χ4v) is 3.70. The van der Waals surface area contributed by atoms with Crippen molar-refractivity contribution in [3.8, 4) is 5.75 Å². The van der Waals surface area contributed by atoms with Crippen molar-refractivity contribution in [2.75, 3.05) is 18.0 Å². The second-order valence-corrected chi connectivity index (χ2v) is 8.10. The van der Waals surface area contributed by atoms with Crippen molar-refractivity contribution >= 4 is 17.5 Å². The summed E-state index contributed by atoms with van der Waals surface area (Å²) < 4.78 is 5.82. The Balaban J connectivity index is 1.86. The fourth-order valence-electron chi connectivity index (χ4n) is 3.70. The first-order chi connectivity index (χ1) is 14.9. The quantitative estimate of drug-likeness (QED) is 0.572. The van der Waals surface area contributed by atoms with E-state index < -0.39 is 12.1 Å². The van der Waals surface area contributed by atoms with E-state index in [1.807, 2.05) is 44.2 Å². The van der Waals surface area contributed by atoms with E-state index in [2.05, 4.69) is 5.32 Å². The lowest BCUT2D eigenvalue weighted by atomic mass is 10.0. The number of hydrogen-bond acceptors (Lipinski definition) is 5. The number of nitrogens with zero attached hydrogens (tertiary/aromatic N) is 1. The third kappa shape index (κ3) is 6.06. The van der Waals surface area contributed by atoms with Gasteiger partial charge in [-0.3, -0.25) is 9.59 Å². The van der Waals surface area contributed by atoms with Crippen LogP contribution < -0.4 is 20.7 Å². The maximum absolute atomic E-state index is 13.1. The van der Waals surface area contributed by atoms with Gasteiger partial charge in [-0.25, -0.2) is 0 Å². The Bertz CT molecular complexity index is 901. The number of aliphatic hydroxyl groups is 1. The summed E-state index contributed by atoms with van der Waals surface area (Å²) in [4.78, 5) is 27.0. The van der Waals surface area contributed by atoms with Crippen LogP contribution in [0, 0.1) is 0 Å². The molecule has 0 aliphatic carbocycles. The highest BCUT2D eigenvalue weighted by atomic mass is 16.5. The number of carbonyl (C=O) groups is 2. The molecule has 1 heterocycles. The zero-order chi connectivity index (χ0) is 22.4. The second-order valence-electron chi connectivity index (χ2n) is 8.10. The van der Waals surface area contributed by atoms with E-state index in [4.69, 9.17) is 10.5 Å². The van der Waals surface area contributed by atoms with Crippen LogP contribution in [-0.4, -0.2) is 48.3 Å². The summed E-state index contributed by atoms with van der Waals surface area (Å²) in [6, 6.07) is 14.2. The highest BCUT2D eigenvalue weighted by Crippen LogP contribution is 2.28. The first-order valence-corrected chi connectivity index (χ1v) is 10.7. The van der Waals surface area contributed by atoms with Crippen LogP contribution in [0.25, 0.3) is 0 Å². The van der Waals surface area contributed by atoms with Gasteiger partial charge in [-0.05, 0) is 44.4 Å². The molecule has 2 aromatic rings. The summed E-state index contributed by atoms with van der Waals surface area (Å²) in [5.74, 6) is 0.209. The molecule has 2 amide bonds. The number of aliphatic hydroxyl groups excluding tert-OH is 1. The average Bonchev–Trinajstić information content (AvgIpc) is 3.18. The molecule has 2 unspecified atom stereocenters. The number of benzene rings is 2. The molecule has 7 heteroatoms. The SMILES string of the molecule is CC(C)Oc1cc(C(=O)NC(Cc2ccccc2)C(O)CN)cc(N2CCCC2=O)c1. The second kappa shape index (κ2) is 10.4. The summed E-state index contributed by atoms with van der Waals surface area (Å²) >= 11 is 0. The third-order valence-corrected chi connectivity index (χ3v) is 5.23. The van der Waals surface area contributed by atoms with Crippen molar-refractivity contribution in [1.29, 1.82) is 0 Å². The van der Waals surface area contributed by atoms with E-state index in [1.165, 1.54) is 0 Å². The molecular weight excluding hydrogens is 394 g/mol. The molecule has 0 radical (unpaired) electrons. The predicted octanol–water partition coefficient (Wildman–Crippen LogP) is 2.26. The molecule has 1 fully saturated rings. The molecule has 31 heavy (non-hydrogen) atoms. The molecule has 0 aromatic heterocycles. The van der Waals surface area contributed by atoms with E-state index in [0.717, 1.165) is 12.0 Å². The smallest absolute Gasteiger partial charge is 0.251 e. The van der Waals surface area contributed by atoms with Crippen LogP contribution in [0.15, 0.2) is 48.5 Å². The fraction of sp³-hybridized carbons (Fsp3) is 0.417. The lowest BCUT2D eigenvalue weighted by Crippen LogP contribution is -2.47. The first-order valence-electron chi connectivity index (χ1n) is 10.7. The summed E-state index contributed by atoms with van der Waals surface area (Å²) in [7, 11) is 0. The Morgan fingerprint density at radius 2 is 1.97 bits per heavy atom. The number of ether oxygens (including phenoxy) is 1. The summed E-state index contributed by atoms with van der Waals surface area (Å²) in [5.41, 5.74) is 7.68. The van der Waals surface area contributed by atoms with Gasteiger partial charge in [0.2, 0.25) is 5.91 Å². The van der Waals surface area contributed by atoms with Gasteiger partial charge in [-0.15, -0.1) is 0 Å². The minimum absolute atomic E-state index is 0.0296. The number of nitrogens with one attached hydrogen (secondary N) is 1. The zero-order valence-corrected chi connectivity index (χ0v) is 18.1. The summed E-state index contributed by atoms with van der Waals surface area (Å²) in [5, 5.41) is 13.3. The van der Waals surface area contributed by atoms with Gasteiger partial charge in [0.1, 0.15) is 5.75 Å². The van der Waals surface area contributed by atoms with E-state index in [9.17, 15) is 14.7 Å². The number of carbonyl (C=O) groups excluding carboxylic acids is 2. The Kier molecular flexibility index (Phi) is 7.65. The maximum Gasteiger partial charge on any atom is 0.251 e. The Labute approximate surface area is 183 Å². The summed E-state index contributed by atoms with van der Waals surface area (Å²) in [6.07, 6.45) is 0.768. The highest BCUT2D eigenvalue weighted by molar-refractivity contribution is 5.99. The third-order valence-electron chi connectivity index (χ3n) is 5.23. The Morgan fingerprint density at radius 3 is 2.58 bits per heavy atom. The number of hydrogen-bond donors (Lipinski definition) is 3. The number of nitrogens with two attached hydrogens (primary N) is 1. The lowest BCUT2D eigenvalue weighted by molar-refractivity contribution is -0.117. The molecule has 4 N–H and O–H groups in total. The molecule has 1 aliphatic rings. The standard InChI is InChI=1S/C24H31N3O4/c1-16(2)31-20-13-18(12-19(14-20)27-10-6-9-23(27)29)24(30)26-21(22(28)15-25)11-17-7-4-3-5-8-17/h3-5,7-8,12-14,16,21-22,28H,6,9-11,15,25H2,1-2H3,(H,26,30). The molecule has 0 spiro atoms. The van der Waals surface area contributed by atoms with Crippen LogP contribution in [0.5, 0.6) is 5.75 Å². The van der Waals surface area contributed by atoms with Crippen molar-refractivity contribution < 1.29 is 19.4 Å². The van der Waals surface area contributed by atoms with Gasteiger partial charge < -0.3 is 25.8 Å². The van der Waals surface area contributed by atoms with Crippen molar-refractivity contribution in [2.24, 2.45) is 5.73 Å². The van der Waals surface area contributed by atoms with Crippen LogP contribution >= 0.6 is 0 Å². The monoisotopic (exact) mass is 425 g/mol. The normalized spacial score (nSPS) is 15.8. The minimum Gasteiger partial charge on any atom is -0.491 e. The molecule has 7 nitrogen and oxygen atoms in total. The number of anilines is 1. The molecular formula is C24H31N3O4. The first kappa shape index (κ1) is 22.8. The molecule has 0 bridgehead atoms. The summed E-state index contributed by atoms with van der Waals surface area (Å²) in [6.45, 7) is 4.46. The van der Waals surface area contributed by atoms with Crippen molar-refractivity contribution in [3.05, 3.63) is 59.7 Å². The molecule has 0 saturated carbocycles. The van der Waals surface area contributed by atoms with Crippen LogP contribution in [0.3, 0.4) is 0 Å².